The number of halogens is 2. The molecule has 0 spiro atoms. The minimum absolute atomic E-state index is 0.335. The van der Waals surface area contributed by atoms with Gasteiger partial charge < -0.3 is 4.74 Å². The summed E-state index contributed by atoms with van der Waals surface area (Å²) in [6.07, 6.45) is 1.74. The monoisotopic (exact) mass is 253 g/mol. The van der Waals surface area contributed by atoms with Crippen molar-refractivity contribution >= 4 is 11.6 Å². The molecule has 1 aromatic rings. The Morgan fingerprint density at radius 3 is 2.71 bits per heavy atom. The summed E-state index contributed by atoms with van der Waals surface area (Å²) < 4.78 is 18.9. The first kappa shape index (κ1) is 12.3. The molecular formula is C13H13ClFNO. The van der Waals surface area contributed by atoms with Crippen LogP contribution in [0.4, 0.5) is 4.39 Å². The number of ether oxygens (including phenoxy) is 1. The molecule has 0 amide bonds. The molecule has 0 bridgehead atoms. The van der Waals surface area contributed by atoms with E-state index < -0.39 is 5.41 Å². The fourth-order valence-electron chi connectivity index (χ4n) is 2.12. The molecule has 0 unspecified atom stereocenters. The average Bonchev–Trinajstić information content (AvgIpc) is 2.34. The Bertz CT molecular complexity index is 449. The maximum absolute atomic E-state index is 13.7. The molecule has 1 fully saturated rings. The minimum Gasteiger partial charge on any atom is -0.381 e. The Morgan fingerprint density at radius 1 is 1.41 bits per heavy atom. The molecule has 0 saturated carbocycles. The van der Waals surface area contributed by atoms with Crippen molar-refractivity contribution in [2.45, 2.75) is 19.3 Å². The van der Waals surface area contributed by atoms with Crippen molar-refractivity contribution in [3.63, 3.8) is 0 Å². The highest BCUT2D eigenvalue weighted by molar-refractivity contribution is 6.30. The van der Waals surface area contributed by atoms with Crippen LogP contribution in [0.1, 0.15) is 18.4 Å². The summed E-state index contributed by atoms with van der Waals surface area (Å²) >= 11 is 5.70. The second-order valence-electron chi connectivity index (χ2n) is 4.42. The minimum atomic E-state index is -0.493. The SMILES string of the molecule is N#CC1(Cc2ccc(Cl)cc2F)CCOCC1. The van der Waals surface area contributed by atoms with Gasteiger partial charge in [-0.1, -0.05) is 17.7 Å². The lowest BCUT2D eigenvalue weighted by Crippen LogP contribution is -2.30. The third-order valence-corrected chi connectivity index (χ3v) is 3.47. The molecule has 1 aliphatic heterocycles. The van der Waals surface area contributed by atoms with E-state index in [0.717, 1.165) is 0 Å². The molecule has 0 N–H and O–H groups in total. The summed E-state index contributed by atoms with van der Waals surface area (Å²) in [4.78, 5) is 0. The van der Waals surface area contributed by atoms with Gasteiger partial charge in [0.2, 0.25) is 0 Å². The molecule has 1 aromatic carbocycles. The van der Waals surface area contributed by atoms with E-state index in [4.69, 9.17) is 16.3 Å². The molecule has 2 nitrogen and oxygen atoms in total. The van der Waals surface area contributed by atoms with Crippen LogP contribution in [0, 0.1) is 22.6 Å². The Labute approximate surface area is 105 Å². The molecule has 4 heteroatoms. The molecule has 1 saturated heterocycles. The standard InChI is InChI=1S/C13H13ClFNO/c14-11-2-1-10(12(15)7-11)8-13(9-16)3-5-17-6-4-13/h1-2,7H,3-6,8H2. The van der Waals surface area contributed by atoms with Gasteiger partial charge in [0.1, 0.15) is 5.82 Å². The van der Waals surface area contributed by atoms with Crippen molar-refractivity contribution in [2.75, 3.05) is 13.2 Å². The van der Waals surface area contributed by atoms with Crippen LogP contribution in [-0.2, 0) is 11.2 Å². The van der Waals surface area contributed by atoms with Crippen molar-refractivity contribution in [1.29, 1.82) is 5.26 Å². The van der Waals surface area contributed by atoms with Crippen molar-refractivity contribution in [3.05, 3.63) is 34.6 Å². The molecule has 1 heterocycles. The summed E-state index contributed by atoms with van der Waals surface area (Å²) in [5, 5.41) is 9.67. The molecule has 0 atom stereocenters. The fraction of sp³-hybridized carbons (Fsp3) is 0.462. The van der Waals surface area contributed by atoms with Crippen molar-refractivity contribution in [3.8, 4) is 6.07 Å². The lowest BCUT2D eigenvalue weighted by Gasteiger charge is -2.30. The second kappa shape index (κ2) is 5.03. The first-order chi connectivity index (χ1) is 8.15. The van der Waals surface area contributed by atoms with Gasteiger partial charge in [0.05, 0.1) is 11.5 Å². The third kappa shape index (κ3) is 2.77. The zero-order valence-electron chi connectivity index (χ0n) is 9.38. The highest BCUT2D eigenvalue weighted by Crippen LogP contribution is 2.34. The van der Waals surface area contributed by atoms with Crippen LogP contribution < -0.4 is 0 Å². The van der Waals surface area contributed by atoms with E-state index in [1.165, 1.54) is 6.07 Å². The van der Waals surface area contributed by atoms with Crippen LogP contribution in [0.2, 0.25) is 5.02 Å². The van der Waals surface area contributed by atoms with Gasteiger partial charge in [-0.2, -0.15) is 5.26 Å². The molecule has 90 valence electrons. The lowest BCUT2D eigenvalue weighted by molar-refractivity contribution is 0.0403. The van der Waals surface area contributed by atoms with Crippen LogP contribution in [-0.4, -0.2) is 13.2 Å². The Hall–Kier alpha value is -1.11. The van der Waals surface area contributed by atoms with Gasteiger partial charge >= 0.3 is 0 Å². The summed E-state index contributed by atoms with van der Waals surface area (Å²) in [5.41, 5.74) is 0.0604. The Balaban J connectivity index is 2.21. The first-order valence-electron chi connectivity index (χ1n) is 5.58. The van der Waals surface area contributed by atoms with Crippen LogP contribution >= 0.6 is 11.6 Å². The highest BCUT2D eigenvalue weighted by Gasteiger charge is 2.33. The third-order valence-electron chi connectivity index (χ3n) is 3.23. The summed E-state index contributed by atoms with van der Waals surface area (Å²) in [7, 11) is 0. The molecular weight excluding hydrogens is 241 g/mol. The summed E-state index contributed by atoms with van der Waals surface area (Å²) in [6.45, 7) is 1.14. The fourth-order valence-corrected chi connectivity index (χ4v) is 2.28. The van der Waals surface area contributed by atoms with Gasteiger partial charge in [0.25, 0.3) is 0 Å². The van der Waals surface area contributed by atoms with Crippen molar-refractivity contribution in [2.24, 2.45) is 5.41 Å². The summed E-state index contributed by atoms with van der Waals surface area (Å²) in [6, 6.07) is 6.94. The number of nitriles is 1. The Morgan fingerprint density at radius 2 is 2.12 bits per heavy atom. The molecule has 17 heavy (non-hydrogen) atoms. The van der Waals surface area contributed by atoms with Gasteiger partial charge in [-0.15, -0.1) is 0 Å². The average molecular weight is 254 g/mol. The smallest absolute Gasteiger partial charge is 0.127 e. The maximum atomic E-state index is 13.7. The predicted octanol–water partition coefficient (Wildman–Crippen LogP) is 3.34. The normalized spacial score (nSPS) is 18.6. The molecule has 0 radical (unpaired) electrons. The van der Waals surface area contributed by atoms with E-state index in [1.54, 1.807) is 12.1 Å². The van der Waals surface area contributed by atoms with E-state index in [0.29, 0.717) is 43.1 Å². The first-order valence-corrected chi connectivity index (χ1v) is 5.96. The number of hydrogen-bond donors (Lipinski definition) is 0. The van der Waals surface area contributed by atoms with Crippen LogP contribution in [0.5, 0.6) is 0 Å². The largest absolute Gasteiger partial charge is 0.381 e. The quantitative estimate of drug-likeness (QED) is 0.810. The zero-order valence-corrected chi connectivity index (χ0v) is 10.1. The number of rotatable bonds is 2. The maximum Gasteiger partial charge on any atom is 0.127 e. The van der Waals surface area contributed by atoms with Gasteiger partial charge in [-0.05, 0) is 37.0 Å². The van der Waals surface area contributed by atoms with E-state index >= 15 is 0 Å². The zero-order chi connectivity index (χ0) is 12.3. The number of hydrogen-bond acceptors (Lipinski definition) is 2. The molecule has 2 rings (SSSR count). The molecule has 0 aromatic heterocycles. The van der Waals surface area contributed by atoms with E-state index in [-0.39, 0.29) is 5.82 Å². The van der Waals surface area contributed by atoms with Crippen molar-refractivity contribution in [1.82, 2.24) is 0 Å². The van der Waals surface area contributed by atoms with E-state index in [9.17, 15) is 9.65 Å². The van der Waals surface area contributed by atoms with Crippen LogP contribution in [0.25, 0.3) is 0 Å². The van der Waals surface area contributed by atoms with Crippen LogP contribution in [0.15, 0.2) is 18.2 Å². The van der Waals surface area contributed by atoms with Gasteiger partial charge in [0, 0.05) is 18.2 Å². The predicted molar refractivity (Wildman–Crippen MR) is 63.2 cm³/mol. The number of benzene rings is 1. The summed E-state index contributed by atoms with van der Waals surface area (Å²) in [5.74, 6) is -0.335. The van der Waals surface area contributed by atoms with Crippen LogP contribution in [0.3, 0.4) is 0 Å². The van der Waals surface area contributed by atoms with Gasteiger partial charge in [-0.3, -0.25) is 0 Å². The topological polar surface area (TPSA) is 33.0 Å². The Kier molecular flexibility index (Phi) is 3.66. The van der Waals surface area contributed by atoms with E-state index in [2.05, 4.69) is 6.07 Å². The molecule has 0 aliphatic carbocycles. The number of nitrogens with zero attached hydrogens (tertiary/aromatic N) is 1. The lowest BCUT2D eigenvalue weighted by atomic mass is 9.76. The molecule has 1 aliphatic rings. The van der Waals surface area contributed by atoms with Gasteiger partial charge in [0.15, 0.2) is 0 Å². The van der Waals surface area contributed by atoms with Crippen molar-refractivity contribution < 1.29 is 9.13 Å². The van der Waals surface area contributed by atoms with Gasteiger partial charge in [-0.25, -0.2) is 4.39 Å². The highest BCUT2D eigenvalue weighted by atomic mass is 35.5. The second-order valence-corrected chi connectivity index (χ2v) is 4.85. The van der Waals surface area contributed by atoms with E-state index in [1.807, 2.05) is 0 Å².